The molecule has 1 aromatic carbocycles. The van der Waals surface area contributed by atoms with Crippen LogP contribution in [0.1, 0.15) is 18.1 Å². The van der Waals surface area contributed by atoms with Crippen molar-refractivity contribution >= 4 is 21.6 Å². The van der Waals surface area contributed by atoms with Crippen LogP contribution < -0.4 is 0 Å². The first kappa shape index (κ1) is 12.7. The zero-order valence-electron chi connectivity index (χ0n) is 10.3. The van der Waals surface area contributed by atoms with Crippen LogP contribution in [0, 0.1) is 12.3 Å². The first-order chi connectivity index (χ1) is 8.67. The summed E-state index contributed by atoms with van der Waals surface area (Å²) >= 11 is 3.51. The number of benzene rings is 1. The molecule has 0 bridgehead atoms. The minimum absolute atomic E-state index is 0.879. The van der Waals surface area contributed by atoms with Gasteiger partial charge in [-0.3, -0.25) is 0 Å². The molecule has 0 saturated heterocycles. The quantitative estimate of drug-likeness (QED) is 0.742. The van der Waals surface area contributed by atoms with Crippen molar-refractivity contribution in [2.45, 2.75) is 6.92 Å². The number of halogens is 1. The van der Waals surface area contributed by atoms with E-state index >= 15 is 0 Å². The van der Waals surface area contributed by atoms with Crippen LogP contribution in [0.4, 0.5) is 0 Å². The number of allylic oxidation sites excluding steroid dienone is 3. The van der Waals surface area contributed by atoms with Crippen LogP contribution in [0.15, 0.2) is 53.2 Å². The first-order valence-electron chi connectivity index (χ1n) is 5.78. The van der Waals surface area contributed by atoms with Crippen LogP contribution >= 0.6 is 15.9 Å². The first-order valence-corrected chi connectivity index (χ1v) is 6.58. The standard InChI is InChI=1S/C16H14BrN/c1-4-13-6-8-14(9-7-13)16-11-10-15(17)12(3)18(16)5-2/h1,6-11H,3,5H2,2H3. The van der Waals surface area contributed by atoms with E-state index in [4.69, 9.17) is 6.42 Å². The average molecular weight is 300 g/mol. The molecule has 1 nitrogen and oxygen atoms in total. The molecule has 1 aromatic rings. The van der Waals surface area contributed by atoms with Gasteiger partial charge in [0, 0.05) is 28.0 Å². The molecule has 1 aliphatic rings. The van der Waals surface area contributed by atoms with Crippen molar-refractivity contribution in [1.82, 2.24) is 4.90 Å². The Bertz CT molecular complexity index is 570. The number of nitrogens with zero attached hydrogens (tertiary/aromatic N) is 1. The molecular formula is C16H14BrN. The molecule has 0 unspecified atom stereocenters. The lowest BCUT2D eigenvalue weighted by Crippen LogP contribution is -2.22. The van der Waals surface area contributed by atoms with E-state index in [0.29, 0.717) is 0 Å². The topological polar surface area (TPSA) is 3.24 Å². The molecular weight excluding hydrogens is 286 g/mol. The summed E-state index contributed by atoms with van der Waals surface area (Å²) in [7, 11) is 0. The second-order valence-corrected chi connectivity index (χ2v) is 4.83. The Balaban J connectivity index is 2.42. The van der Waals surface area contributed by atoms with Gasteiger partial charge >= 0.3 is 0 Å². The Morgan fingerprint density at radius 1 is 1.28 bits per heavy atom. The third-order valence-electron chi connectivity index (χ3n) is 2.94. The Morgan fingerprint density at radius 2 is 1.94 bits per heavy atom. The maximum Gasteiger partial charge on any atom is 0.0484 e. The second kappa shape index (κ2) is 5.29. The summed E-state index contributed by atoms with van der Waals surface area (Å²) in [6.07, 6.45) is 9.48. The number of rotatable bonds is 2. The molecule has 0 radical (unpaired) electrons. The Labute approximate surface area is 117 Å². The number of terminal acetylenes is 1. The summed E-state index contributed by atoms with van der Waals surface area (Å²) in [6.45, 7) is 7.09. The molecule has 18 heavy (non-hydrogen) atoms. The van der Waals surface area contributed by atoms with Gasteiger partial charge in [-0.15, -0.1) is 6.42 Å². The van der Waals surface area contributed by atoms with Crippen molar-refractivity contribution < 1.29 is 0 Å². The summed E-state index contributed by atoms with van der Waals surface area (Å²) in [5, 5.41) is 0. The van der Waals surface area contributed by atoms with Gasteiger partial charge in [-0.1, -0.05) is 24.6 Å². The second-order valence-electron chi connectivity index (χ2n) is 3.98. The van der Waals surface area contributed by atoms with E-state index in [2.05, 4.69) is 46.3 Å². The van der Waals surface area contributed by atoms with Crippen molar-refractivity contribution in [3.05, 3.63) is 64.3 Å². The summed E-state index contributed by atoms with van der Waals surface area (Å²) in [5.41, 5.74) is 4.17. The molecule has 1 aliphatic heterocycles. The monoisotopic (exact) mass is 299 g/mol. The highest BCUT2D eigenvalue weighted by Gasteiger charge is 2.17. The molecule has 2 rings (SSSR count). The van der Waals surface area contributed by atoms with Crippen molar-refractivity contribution in [2.75, 3.05) is 6.54 Å². The molecule has 0 amide bonds. The third-order valence-corrected chi connectivity index (χ3v) is 3.67. The van der Waals surface area contributed by atoms with E-state index in [0.717, 1.165) is 33.5 Å². The van der Waals surface area contributed by atoms with Gasteiger partial charge in [0.25, 0.3) is 0 Å². The largest absolute Gasteiger partial charge is 0.341 e. The fraction of sp³-hybridized carbons (Fsp3) is 0.125. The van der Waals surface area contributed by atoms with Crippen molar-refractivity contribution in [3.63, 3.8) is 0 Å². The normalized spacial score (nSPS) is 14.9. The Kier molecular flexibility index (Phi) is 3.74. The molecule has 0 aliphatic carbocycles. The summed E-state index contributed by atoms with van der Waals surface area (Å²) in [5.74, 6) is 2.63. The van der Waals surface area contributed by atoms with Crippen molar-refractivity contribution in [2.24, 2.45) is 0 Å². The molecule has 0 spiro atoms. The lowest BCUT2D eigenvalue weighted by molar-refractivity contribution is 0.529. The van der Waals surface area contributed by atoms with Gasteiger partial charge in [0.2, 0.25) is 0 Å². The van der Waals surface area contributed by atoms with Gasteiger partial charge in [-0.25, -0.2) is 0 Å². The zero-order valence-corrected chi connectivity index (χ0v) is 11.9. The molecule has 1 heterocycles. The molecule has 90 valence electrons. The van der Waals surface area contributed by atoms with Crippen LogP contribution in [0.5, 0.6) is 0 Å². The average Bonchev–Trinajstić information content (AvgIpc) is 2.42. The van der Waals surface area contributed by atoms with Gasteiger partial charge in [0.05, 0.1) is 0 Å². The highest BCUT2D eigenvalue weighted by molar-refractivity contribution is 9.12. The maximum atomic E-state index is 5.37. The van der Waals surface area contributed by atoms with Gasteiger partial charge in [0.1, 0.15) is 0 Å². The molecule has 0 aromatic heterocycles. The van der Waals surface area contributed by atoms with Crippen LogP contribution in [0.25, 0.3) is 5.70 Å². The van der Waals surface area contributed by atoms with E-state index in [1.54, 1.807) is 0 Å². The smallest absolute Gasteiger partial charge is 0.0484 e. The van der Waals surface area contributed by atoms with E-state index in [-0.39, 0.29) is 0 Å². The van der Waals surface area contributed by atoms with E-state index in [1.165, 1.54) is 0 Å². The van der Waals surface area contributed by atoms with Crippen molar-refractivity contribution in [1.29, 1.82) is 0 Å². The third kappa shape index (κ3) is 2.27. The van der Waals surface area contributed by atoms with Crippen molar-refractivity contribution in [3.8, 4) is 12.3 Å². The van der Waals surface area contributed by atoms with Gasteiger partial charge < -0.3 is 4.90 Å². The van der Waals surface area contributed by atoms with Crippen LogP contribution in [-0.4, -0.2) is 11.4 Å². The summed E-state index contributed by atoms with van der Waals surface area (Å²) in [6, 6.07) is 8.01. The maximum absolute atomic E-state index is 5.37. The van der Waals surface area contributed by atoms with Crippen LogP contribution in [0.2, 0.25) is 0 Å². The lowest BCUT2D eigenvalue weighted by atomic mass is 10.1. The molecule has 0 atom stereocenters. The highest BCUT2D eigenvalue weighted by atomic mass is 79.9. The van der Waals surface area contributed by atoms with Gasteiger partial charge in [-0.2, -0.15) is 0 Å². The predicted molar refractivity (Wildman–Crippen MR) is 80.9 cm³/mol. The van der Waals surface area contributed by atoms with Gasteiger partial charge in [0.15, 0.2) is 0 Å². The summed E-state index contributed by atoms with van der Waals surface area (Å²) < 4.78 is 1.02. The molecule has 0 saturated carbocycles. The van der Waals surface area contributed by atoms with Crippen LogP contribution in [0.3, 0.4) is 0 Å². The molecule has 0 fully saturated rings. The fourth-order valence-electron chi connectivity index (χ4n) is 1.96. The summed E-state index contributed by atoms with van der Waals surface area (Å²) in [4.78, 5) is 2.18. The van der Waals surface area contributed by atoms with E-state index in [1.807, 2.05) is 30.3 Å². The van der Waals surface area contributed by atoms with E-state index < -0.39 is 0 Å². The zero-order chi connectivity index (χ0) is 13.1. The molecule has 2 heteroatoms. The Hall–Kier alpha value is -1.72. The number of hydrogen-bond donors (Lipinski definition) is 0. The van der Waals surface area contributed by atoms with E-state index in [9.17, 15) is 0 Å². The minimum atomic E-state index is 0.879. The highest BCUT2D eigenvalue weighted by Crippen LogP contribution is 2.32. The lowest BCUT2D eigenvalue weighted by Gasteiger charge is -2.30. The predicted octanol–water partition coefficient (Wildman–Crippen LogP) is 4.14. The van der Waals surface area contributed by atoms with Gasteiger partial charge in [-0.05, 0) is 52.7 Å². The minimum Gasteiger partial charge on any atom is -0.341 e. The Morgan fingerprint density at radius 3 is 2.50 bits per heavy atom. The number of hydrogen-bond acceptors (Lipinski definition) is 1. The SMILES string of the molecule is C#Cc1ccc(C2=CC=C(Br)C(=C)N2CC)cc1. The molecule has 0 N–H and O–H groups in total. The fourth-order valence-corrected chi connectivity index (χ4v) is 2.31. The van der Waals surface area contributed by atoms with Crippen LogP contribution in [-0.2, 0) is 0 Å². The number of likely N-dealkylation sites (N-methyl/N-ethyl adjacent to an activating group) is 1.